The minimum absolute atomic E-state index is 0.611. The highest BCUT2D eigenvalue weighted by atomic mass is 32.1. The van der Waals surface area contributed by atoms with Crippen LogP contribution in [-0.4, -0.2) is 15.4 Å². The van der Waals surface area contributed by atoms with E-state index >= 15 is 0 Å². The molecule has 0 saturated carbocycles. The van der Waals surface area contributed by atoms with Gasteiger partial charge in [-0.1, -0.05) is 12.2 Å². The average molecular weight is 247 g/mol. The maximum Gasteiger partial charge on any atom is 0.194 e. The molecule has 1 N–H and O–H groups in total. The molecule has 0 fully saturated rings. The molecule has 1 aliphatic rings. The van der Waals surface area contributed by atoms with E-state index in [0.717, 1.165) is 30.0 Å². The van der Waals surface area contributed by atoms with E-state index in [-0.39, 0.29) is 0 Å². The van der Waals surface area contributed by atoms with Crippen LogP contribution in [0.4, 0.5) is 0 Å². The minimum atomic E-state index is 0.611. The van der Waals surface area contributed by atoms with E-state index in [1.54, 1.807) is 11.3 Å². The summed E-state index contributed by atoms with van der Waals surface area (Å²) in [6.07, 6.45) is 9.01. The molecule has 0 unspecified atom stereocenters. The van der Waals surface area contributed by atoms with Gasteiger partial charge in [0, 0.05) is 23.7 Å². The van der Waals surface area contributed by atoms with Gasteiger partial charge in [0.25, 0.3) is 0 Å². The Morgan fingerprint density at radius 3 is 2.94 bits per heavy atom. The number of imidazole rings is 1. The van der Waals surface area contributed by atoms with E-state index in [9.17, 15) is 0 Å². The predicted molar refractivity (Wildman–Crippen MR) is 71.5 cm³/mol. The molecule has 0 radical (unpaired) electrons. The van der Waals surface area contributed by atoms with E-state index < -0.39 is 0 Å². The number of hydrogen-bond acceptors (Lipinski definition) is 3. The molecule has 90 valence electrons. The summed E-state index contributed by atoms with van der Waals surface area (Å²) in [6, 6.07) is 0.611. The highest BCUT2D eigenvalue weighted by Crippen LogP contribution is 2.21. The second-order valence-corrected chi connectivity index (χ2v) is 5.87. The van der Waals surface area contributed by atoms with Crippen molar-refractivity contribution in [1.29, 1.82) is 0 Å². The van der Waals surface area contributed by atoms with Gasteiger partial charge in [-0.3, -0.25) is 4.40 Å². The summed E-state index contributed by atoms with van der Waals surface area (Å²) in [4.78, 5) is 7.03. The number of fused-ring (bicyclic) bond motifs is 1. The van der Waals surface area contributed by atoms with Crippen molar-refractivity contribution in [3.8, 4) is 0 Å². The fourth-order valence-electron chi connectivity index (χ4n) is 2.35. The number of thiazole rings is 1. The first-order valence-electron chi connectivity index (χ1n) is 6.06. The highest BCUT2D eigenvalue weighted by Gasteiger charge is 2.14. The Balaban J connectivity index is 1.80. The third-order valence-electron chi connectivity index (χ3n) is 3.31. The molecule has 0 atom stereocenters. The summed E-state index contributed by atoms with van der Waals surface area (Å²) in [6.45, 7) is 5.14. The lowest BCUT2D eigenvalue weighted by molar-refractivity contribution is 0.531. The predicted octanol–water partition coefficient (Wildman–Crippen LogP) is 2.82. The Morgan fingerprint density at radius 1 is 1.41 bits per heavy atom. The van der Waals surface area contributed by atoms with Crippen LogP contribution >= 0.6 is 11.3 Å². The first-order valence-corrected chi connectivity index (χ1v) is 6.88. The van der Waals surface area contributed by atoms with Crippen LogP contribution in [0.2, 0.25) is 0 Å². The van der Waals surface area contributed by atoms with Gasteiger partial charge in [0.1, 0.15) is 0 Å². The molecule has 0 aliphatic heterocycles. The van der Waals surface area contributed by atoms with Crippen molar-refractivity contribution in [2.24, 2.45) is 0 Å². The summed E-state index contributed by atoms with van der Waals surface area (Å²) >= 11 is 1.76. The topological polar surface area (TPSA) is 29.3 Å². The summed E-state index contributed by atoms with van der Waals surface area (Å²) < 4.78 is 2.23. The monoisotopic (exact) mass is 247 g/mol. The fourth-order valence-corrected chi connectivity index (χ4v) is 3.24. The Kier molecular flexibility index (Phi) is 2.76. The number of nitrogens with zero attached hydrogens (tertiary/aromatic N) is 2. The SMILES string of the molecule is Cc1cn2c(CNC3CC=CC3)c(C)nc2s1. The zero-order chi connectivity index (χ0) is 11.8. The lowest BCUT2D eigenvalue weighted by atomic mass is 10.2. The zero-order valence-electron chi connectivity index (χ0n) is 10.2. The first-order chi connectivity index (χ1) is 8.24. The van der Waals surface area contributed by atoms with Crippen LogP contribution in [0.1, 0.15) is 29.1 Å². The van der Waals surface area contributed by atoms with E-state index in [4.69, 9.17) is 0 Å². The highest BCUT2D eigenvalue weighted by molar-refractivity contribution is 7.17. The van der Waals surface area contributed by atoms with E-state index in [1.165, 1.54) is 10.6 Å². The average Bonchev–Trinajstić information content (AvgIpc) is 2.93. The van der Waals surface area contributed by atoms with E-state index in [2.05, 4.69) is 46.9 Å². The maximum absolute atomic E-state index is 4.61. The molecule has 17 heavy (non-hydrogen) atoms. The van der Waals surface area contributed by atoms with Gasteiger partial charge < -0.3 is 5.32 Å². The maximum atomic E-state index is 4.61. The van der Waals surface area contributed by atoms with Crippen LogP contribution in [0.5, 0.6) is 0 Å². The Morgan fingerprint density at radius 2 is 2.18 bits per heavy atom. The van der Waals surface area contributed by atoms with E-state index in [0.29, 0.717) is 6.04 Å². The van der Waals surface area contributed by atoms with Gasteiger partial charge in [-0.2, -0.15) is 0 Å². The van der Waals surface area contributed by atoms with Crippen molar-refractivity contribution < 1.29 is 0 Å². The molecule has 2 aromatic rings. The Bertz CT molecular complexity index is 556. The number of aromatic nitrogens is 2. The van der Waals surface area contributed by atoms with Gasteiger partial charge in [-0.25, -0.2) is 4.98 Å². The molecule has 0 spiro atoms. The number of hydrogen-bond donors (Lipinski definition) is 1. The third kappa shape index (κ3) is 2.03. The number of aryl methyl sites for hydroxylation is 2. The largest absolute Gasteiger partial charge is 0.308 e. The summed E-state index contributed by atoms with van der Waals surface area (Å²) in [7, 11) is 0. The second-order valence-electron chi connectivity index (χ2n) is 4.66. The van der Waals surface area contributed by atoms with Gasteiger partial charge in [0.05, 0.1) is 11.4 Å². The molecule has 1 aliphatic carbocycles. The summed E-state index contributed by atoms with van der Waals surface area (Å²) in [5, 5.41) is 3.61. The molecule has 2 aromatic heterocycles. The number of nitrogens with one attached hydrogen (secondary N) is 1. The Hall–Kier alpha value is -1.13. The Labute approximate surface area is 105 Å². The summed E-state index contributed by atoms with van der Waals surface area (Å²) in [5.74, 6) is 0. The molecule has 0 bridgehead atoms. The molecule has 0 aromatic carbocycles. The van der Waals surface area contributed by atoms with Crippen LogP contribution in [-0.2, 0) is 6.54 Å². The smallest absolute Gasteiger partial charge is 0.194 e. The van der Waals surface area contributed by atoms with Crippen molar-refractivity contribution in [1.82, 2.24) is 14.7 Å². The molecular weight excluding hydrogens is 230 g/mol. The van der Waals surface area contributed by atoms with Crippen molar-refractivity contribution >= 4 is 16.3 Å². The van der Waals surface area contributed by atoms with Crippen molar-refractivity contribution in [3.05, 3.63) is 34.6 Å². The standard InChI is InChI=1S/C13H17N3S/c1-9-8-16-12(10(2)15-13(16)17-9)7-14-11-5-3-4-6-11/h3-4,8,11,14H,5-7H2,1-2H3. The van der Waals surface area contributed by atoms with Gasteiger partial charge in [0.15, 0.2) is 4.96 Å². The first kappa shape index (κ1) is 11.0. The van der Waals surface area contributed by atoms with Crippen LogP contribution in [0.25, 0.3) is 4.96 Å². The van der Waals surface area contributed by atoms with Gasteiger partial charge >= 0.3 is 0 Å². The van der Waals surface area contributed by atoms with Crippen LogP contribution < -0.4 is 5.32 Å². The lowest BCUT2D eigenvalue weighted by Gasteiger charge is -2.11. The number of rotatable bonds is 3. The van der Waals surface area contributed by atoms with Gasteiger partial charge in [-0.05, 0) is 26.7 Å². The normalized spacial score (nSPS) is 16.4. The van der Waals surface area contributed by atoms with Crippen LogP contribution in [0.3, 0.4) is 0 Å². The van der Waals surface area contributed by atoms with Gasteiger partial charge in [0.2, 0.25) is 0 Å². The minimum Gasteiger partial charge on any atom is -0.308 e. The molecule has 4 heteroatoms. The zero-order valence-corrected chi connectivity index (χ0v) is 11.0. The van der Waals surface area contributed by atoms with Crippen LogP contribution in [0.15, 0.2) is 18.3 Å². The van der Waals surface area contributed by atoms with Gasteiger partial charge in [-0.15, -0.1) is 11.3 Å². The lowest BCUT2D eigenvalue weighted by Crippen LogP contribution is -2.26. The molecular formula is C13H17N3S. The quantitative estimate of drug-likeness (QED) is 0.845. The molecule has 2 heterocycles. The van der Waals surface area contributed by atoms with Crippen LogP contribution in [0, 0.1) is 13.8 Å². The third-order valence-corrected chi connectivity index (χ3v) is 4.21. The van der Waals surface area contributed by atoms with E-state index in [1.807, 2.05) is 0 Å². The molecule has 3 nitrogen and oxygen atoms in total. The molecule has 3 rings (SSSR count). The van der Waals surface area contributed by atoms with Crippen molar-refractivity contribution in [3.63, 3.8) is 0 Å². The fraction of sp³-hybridized carbons (Fsp3) is 0.462. The van der Waals surface area contributed by atoms with Crippen molar-refractivity contribution in [2.45, 2.75) is 39.3 Å². The summed E-state index contributed by atoms with van der Waals surface area (Å²) in [5.41, 5.74) is 2.45. The molecule has 0 saturated heterocycles. The second kappa shape index (κ2) is 4.27. The van der Waals surface area contributed by atoms with Crippen molar-refractivity contribution in [2.75, 3.05) is 0 Å². The molecule has 0 amide bonds.